The molecule has 5 heteroatoms. The van der Waals surface area contributed by atoms with Crippen molar-refractivity contribution in [2.45, 2.75) is 6.54 Å². The molecule has 3 heterocycles. The molecule has 0 saturated carbocycles. The van der Waals surface area contributed by atoms with E-state index in [2.05, 4.69) is 9.97 Å². The van der Waals surface area contributed by atoms with Crippen molar-refractivity contribution in [1.29, 1.82) is 0 Å². The van der Waals surface area contributed by atoms with Gasteiger partial charge in [0.2, 0.25) is 0 Å². The molecule has 0 aliphatic carbocycles. The summed E-state index contributed by atoms with van der Waals surface area (Å²) in [6, 6.07) is 3.74. The number of hydrogen-bond donors (Lipinski definition) is 0. The maximum absolute atomic E-state index is 11.0. The van der Waals surface area contributed by atoms with Crippen LogP contribution in [0.25, 0.3) is 11.0 Å². The van der Waals surface area contributed by atoms with Crippen LogP contribution in [0, 0.1) is 0 Å². The number of carbonyl (C=O) groups excluding carboxylic acids is 1. The molecule has 17 heavy (non-hydrogen) atoms. The second-order valence-corrected chi connectivity index (χ2v) is 4.61. The summed E-state index contributed by atoms with van der Waals surface area (Å²) in [6.07, 6.45) is 6.20. The number of hydrogen-bond acceptors (Lipinski definition) is 4. The highest BCUT2D eigenvalue weighted by Crippen LogP contribution is 2.19. The predicted octanol–water partition coefficient (Wildman–Crippen LogP) is 2.35. The highest BCUT2D eigenvalue weighted by Gasteiger charge is 2.09. The van der Waals surface area contributed by atoms with E-state index in [1.165, 1.54) is 0 Å². The smallest absolute Gasteiger partial charge is 0.152 e. The van der Waals surface area contributed by atoms with Gasteiger partial charge in [0.15, 0.2) is 6.29 Å². The fraction of sp³-hybridized carbons (Fsp3) is 0.0833. The van der Waals surface area contributed by atoms with Crippen LogP contribution >= 0.6 is 11.3 Å². The van der Waals surface area contributed by atoms with Crippen LogP contribution in [-0.4, -0.2) is 20.8 Å². The number of thiazole rings is 1. The van der Waals surface area contributed by atoms with Crippen LogP contribution in [0.1, 0.15) is 15.4 Å². The lowest BCUT2D eigenvalue weighted by Gasteiger charge is -2.00. The quantitative estimate of drug-likeness (QED) is 0.663. The molecule has 4 nitrogen and oxygen atoms in total. The van der Waals surface area contributed by atoms with E-state index >= 15 is 0 Å². The lowest BCUT2D eigenvalue weighted by Crippen LogP contribution is -1.98. The van der Waals surface area contributed by atoms with E-state index in [0.717, 1.165) is 22.3 Å². The number of nitrogens with zero attached hydrogens (tertiary/aromatic N) is 3. The molecule has 0 bridgehead atoms. The van der Waals surface area contributed by atoms with Gasteiger partial charge in [0, 0.05) is 34.9 Å². The average Bonchev–Trinajstić information content (AvgIpc) is 2.98. The molecule has 0 aromatic carbocycles. The molecule has 0 aliphatic heterocycles. The summed E-state index contributed by atoms with van der Waals surface area (Å²) in [5.41, 5.74) is 1.49. The van der Waals surface area contributed by atoms with Crippen LogP contribution < -0.4 is 0 Å². The minimum Gasteiger partial charge on any atom is -0.325 e. The molecule has 0 radical (unpaired) electrons. The van der Waals surface area contributed by atoms with Crippen molar-refractivity contribution in [3.05, 3.63) is 46.7 Å². The Bertz CT molecular complexity index is 658. The Morgan fingerprint density at radius 3 is 3.06 bits per heavy atom. The third-order valence-corrected chi connectivity index (χ3v) is 3.35. The molecule has 0 unspecified atom stereocenters. The zero-order valence-corrected chi connectivity index (χ0v) is 9.72. The fourth-order valence-electron chi connectivity index (χ4n) is 1.84. The number of aldehydes is 1. The van der Waals surface area contributed by atoms with E-state index in [1.807, 2.05) is 28.3 Å². The summed E-state index contributed by atoms with van der Waals surface area (Å²) in [4.78, 5) is 19.5. The van der Waals surface area contributed by atoms with Gasteiger partial charge in [-0.25, -0.2) is 9.97 Å². The summed E-state index contributed by atoms with van der Waals surface area (Å²) >= 11 is 1.60. The molecular weight excluding hydrogens is 234 g/mol. The van der Waals surface area contributed by atoms with Crippen molar-refractivity contribution >= 4 is 28.7 Å². The minimum atomic E-state index is 0.652. The molecule has 3 aromatic heterocycles. The van der Waals surface area contributed by atoms with Crippen molar-refractivity contribution in [2.24, 2.45) is 0 Å². The summed E-state index contributed by atoms with van der Waals surface area (Å²) in [5.74, 6) is 0. The molecule has 0 atom stereocenters. The summed E-state index contributed by atoms with van der Waals surface area (Å²) in [5, 5.41) is 3.83. The van der Waals surface area contributed by atoms with Gasteiger partial charge in [0.25, 0.3) is 0 Å². The zero-order valence-electron chi connectivity index (χ0n) is 8.91. The molecule has 0 N–H and O–H groups in total. The SMILES string of the molecule is O=Cc1cn(Cc2nccs2)c2ncccc12. The van der Waals surface area contributed by atoms with Crippen LogP contribution in [0.15, 0.2) is 36.1 Å². The topological polar surface area (TPSA) is 47.8 Å². The van der Waals surface area contributed by atoms with Crippen molar-refractivity contribution in [3.63, 3.8) is 0 Å². The number of rotatable bonds is 3. The molecule has 0 spiro atoms. The van der Waals surface area contributed by atoms with Crippen LogP contribution in [0.3, 0.4) is 0 Å². The van der Waals surface area contributed by atoms with Gasteiger partial charge in [-0.15, -0.1) is 11.3 Å². The van der Waals surface area contributed by atoms with E-state index < -0.39 is 0 Å². The van der Waals surface area contributed by atoms with Crippen molar-refractivity contribution in [2.75, 3.05) is 0 Å². The fourth-order valence-corrected chi connectivity index (χ4v) is 2.46. The molecule has 3 aromatic rings. The van der Waals surface area contributed by atoms with Gasteiger partial charge < -0.3 is 4.57 Å². The molecular formula is C12H9N3OS. The third kappa shape index (κ3) is 1.74. The van der Waals surface area contributed by atoms with E-state index in [1.54, 1.807) is 23.7 Å². The van der Waals surface area contributed by atoms with Crippen LogP contribution in [0.4, 0.5) is 0 Å². The third-order valence-electron chi connectivity index (χ3n) is 2.58. The van der Waals surface area contributed by atoms with E-state index in [-0.39, 0.29) is 0 Å². The lowest BCUT2D eigenvalue weighted by molar-refractivity contribution is 0.112. The largest absolute Gasteiger partial charge is 0.325 e. The first-order valence-electron chi connectivity index (χ1n) is 5.16. The normalized spacial score (nSPS) is 10.8. The minimum absolute atomic E-state index is 0.652. The van der Waals surface area contributed by atoms with E-state index in [4.69, 9.17) is 0 Å². The molecule has 0 aliphatic rings. The van der Waals surface area contributed by atoms with Gasteiger partial charge in [0.1, 0.15) is 10.7 Å². The second-order valence-electron chi connectivity index (χ2n) is 3.63. The molecule has 0 fully saturated rings. The Morgan fingerprint density at radius 1 is 1.35 bits per heavy atom. The Kier molecular flexibility index (Phi) is 2.45. The maximum Gasteiger partial charge on any atom is 0.152 e. The molecule has 84 valence electrons. The van der Waals surface area contributed by atoms with Crippen LogP contribution in [-0.2, 0) is 6.54 Å². The Morgan fingerprint density at radius 2 is 2.29 bits per heavy atom. The number of aromatic nitrogens is 3. The number of fused-ring (bicyclic) bond motifs is 1. The maximum atomic E-state index is 11.0. The Balaban J connectivity index is 2.13. The average molecular weight is 243 g/mol. The highest BCUT2D eigenvalue weighted by molar-refractivity contribution is 7.09. The lowest BCUT2D eigenvalue weighted by atomic mass is 10.2. The van der Waals surface area contributed by atoms with Crippen molar-refractivity contribution in [1.82, 2.24) is 14.5 Å². The van der Waals surface area contributed by atoms with E-state index in [0.29, 0.717) is 12.1 Å². The van der Waals surface area contributed by atoms with Gasteiger partial charge in [-0.3, -0.25) is 4.79 Å². The van der Waals surface area contributed by atoms with Gasteiger partial charge in [-0.05, 0) is 12.1 Å². The monoisotopic (exact) mass is 243 g/mol. The second kappa shape index (κ2) is 4.10. The number of carbonyl (C=O) groups is 1. The predicted molar refractivity (Wildman–Crippen MR) is 66.3 cm³/mol. The standard InChI is InChI=1S/C12H9N3OS/c16-8-9-6-15(7-11-13-4-5-17-11)12-10(9)2-1-3-14-12/h1-6,8H,7H2. The van der Waals surface area contributed by atoms with Gasteiger partial charge >= 0.3 is 0 Å². The van der Waals surface area contributed by atoms with Crippen LogP contribution in [0.5, 0.6) is 0 Å². The Labute approximate surface area is 102 Å². The van der Waals surface area contributed by atoms with Gasteiger partial charge in [-0.2, -0.15) is 0 Å². The first-order valence-corrected chi connectivity index (χ1v) is 6.04. The highest BCUT2D eigenvalue weighted by atomic mass is 32.1. The summed E-state index contributed by atoms with van der Waals surface area (Å²) < 4.78 is 1.96. The summed E-state index contributed by atoms with van der Waals surface area (Å²) in [6.45, 7) is 0.652. The zero-order chi connectivity index (χ0) is 11.7. The first-order chi connectivity index (χ1) is 8.38. The number of pyridine rings is 1. The van der Waals surface area contributed by atoms with Crippen molar-refractivity contribution in [3.8, 4) is 0 Å². The first kappa shape index (κ1) is 10.2. The van der Waals surface area contributed by atoms with E-state index in [9.17, 15) is 4.79 Å². The molecule has 3 rings (SSSR count). The molecule has 0 amide bonds. The van der Waals surface area contributed by atoms with Crippen LogP contribution in [0.2, 0.25) is 0 Å². The summed E-state index contributed by atoms with van der Waals surface area (Å²) in [7, 11) is 0. The van der Waals surface area contributed by atoms with Crippen molar-refractivity contribution < 1.29 is 4.79 Å². The Hall–Kier alpha value is -2.01. The molecule has 0 saturated heterocycles. The van der Waals surface area contributed by atoms with Gasteiger partial charge in [0.05, 0.1) is 6.54 Å². The van der Waals surface area contributed by atoms with Gasteiger partial charge in [-0.1, -0.05) is 0 Å².